The SMILES string of the molecule is C=C(Cl)CN1C(=O)NC(C)(c2ccccc2)C1=O. The number of hydrogen-bond donors (Lipinski definition) is 1. The van der Waals surface area contributed by atoms with Gasteiger partial charge in [-0.2, -0.15) is 0 Å². The van der Waals surface area contributed by atoms with Gasteiger partial charge in [0.2, 0.25) is 0 Å². The topological polar surface area (TPSA) is 49.4 Å². The molecule has 3 amide bonds. The van der Waals surface area contributed by atoms with Crippen LogP contribution in [-0.2, 0) is 10.3 Å². The molecule has 1 fully saturated rings. The third kappa shape index (κ3) is 1.99. The van der Waals surface area contributed by atoms with E-state index in [2.05, 4.69) is 11.9 Å². The molecule has 1 aromatic rings. The molecule has 0 saturated carbocycles. The van der Waals surface area contributed by atoms with Gasteiger partial charge in [0.15, 0.2) is 0 Å². The lowest BCUT2D eigenvalue weighted by molar-refractivity contribution is -0.130. The molecular weight excluding hydrogens is 252 g/mol. The molecule has 18 heavy (non-hydrogen) atoms. The van der Waals surface area contributed by atoms with Gasteiger partial charge >= 0.3 is 6.03 Å². The van der Waals surface area contributed by atoms with Crippen molar-refractivity contribution in [1.82, 2.24) is 10.2 Å². The van der Waals surface area contributed by atoms with Gasteiger partial charge in [-0.25, -0.2) is 4.79 Å². The van der Waals surface area contributed by atoms with Crippen LogP contribution >= 0.6 is 11.6 Å². The summed E-state index contributed by atoms with van der Waals surface area (Å²) in [6.07, 6.45) is 0. The van der Waals surface area contributed by atoms with Crippen LogP contribution in [0.2, 0.25) is 0 Å². The highest BCUT2D eigenvalue weighted by Crippen LogP contribution is 2.29. The molecule has 1 aliphatic rings. The Morgan fingerprint density at radius 3 is 2.56 bits per heavy atom. The first kappa shape index (κ1) is 12.6. The molecule has 1 N–H and O–H groups in total. The Bertz CT molecular complexity index is 515. The number of imide groups is 1. The second kappa shape index (κ2) is 4.46. The van der Waals surface area contributed by atoms with Gasteiger partial charge in [-0.1, -0.05) is 48.5 Å². The second-order valence-electron chi connectivity index (χ2n) is 4.33. The van der Waals surface area contributed by atoms with E-state index >= 15 is 0 Å². The predicted octanol–water partition coefficient (Wildman–Crippen LogP) is 2.21. The van der Waals surface area contributed by atoms with Gasteiger partial charge < -0.3 is 5.32 Å². The lowest BCUT2D eigenvalue weighted by atomic mass is 9.92. The van der Waals surface area contributed by atoms with Crippen molar-refractivity contribution in [3.05, 3.63) is 47.5 Å². The number of carbonyl (C=O) groups excluding carboxylic acids is 2. The van der Waals surface area contributed by atoms with Crippen molar-refractivity contribution in [3.8, 4) is 0 Å². The molecule has 0 spiro atoms. The molecule has 1 aliphatic heterocycles. The van der Waals surface area contributed by atoms with E-state index in [1.807, 2.05) is 18.2 Å². The van der Waals surface area contributed by atoms with Crippen LogP contribution in [0.5, 0.6) is 0 Å². The largest absolute Gasteiger partial charge is 0.325 e. The Kier molecular flexibility index (Phi) is 3.13. The quantitative estimate of drug-likeness (QED) is 0.851. The summed E-state index contributed by atoms with van der Waals surface area (Å²) in [4.78, 5) is 25.2. The summed E-state index contributed by atoms with van der Waals surface area (Å²) in [6.45, 7) is 5.20. The van der Waals surface area contributed by atoms with Crippen LogP contribution in [0.1, 0.15) is 12.5 Å². The van der Waals surface area contributed by atoms with E-state index in [-0.39, 0.29) is 17.5 Å². The van der Waals surface area contributed by atoms with Crippen molar-refractivity contribution in [2.75, 3.05) is 6.54 Å². The number of benzene rings is 1. The molecule has 0 bridgehead atoms. The molecule has 1 heterocycles. The minimum Gasteiger partial charge on any atom is -0.319 e. The Labute approximate surface area is 110 Å². The van der Waals surface area contributed by atoms with E-state index < -0.39 is 11.6 Å². The highest BCUT2D eigenvalue weighted by molar-refractivity contribution is 6.30. The maximum Gasteiger partial charge on any atom is 0.325 e. The van der Waals surface area contributed by atoms with Crippen LogP contribution in [0.25, 0.3) is 0 Å². The summed E-state index contributed by atoms with van der Waals surface area (Å²) >= 11 is 5.66. The van der Waals surface area contributed by atoms with Crippen molar-refractivity contribution in [2.45, 2.75) is 12.5 Å². The molecule has 1 aromatic carbocycles. The van der Waals surface area contributed by atoms with E-state index in [9.17, 15) is 9.59 Å². The molecule has 0 aromatic heterocycles. The van der Waals surface area contributed by atoms with Crippen LogP contribution < -0.4 is 5.32 Å². The third-order valence-electron chi connectivity index (χ3n) is 2.96. The lowest BCUT2D eigenvalue weighted by Crippen LogP contribution is -2.40. The van der Waals surface area contributed by atoms with E-state index in [4.69, 9.17) is 11.6 Å². The van der Waals surface area contributed by atoms with Gasteiger partial charge in [-0.15, -0.1) is 0 Å². The zero-order chi connectivity index (χ0) is 13.3. The summed E-state index contributed by atoms with van der Waals surface area (Å²) in [7, 11) is 0. The number of halogens is 1. The molecule has 0 aliphatic carbocycles. The van der Waals surface area contributed by atoms with Gasteiger partial charge in [0.25, 0.3) is 5.91 Å². The fourth-order valence-corrected chi connectivity index (χ4v) is 2.10. The number of carbonyl (C=O) groups is 2. The first-order chi connectivity index (χ1) is 8.45. The van der Waals surface area contributed by atoms with Crippen LogP contribution in [0, 0.1) is 0 Å². The molecule has 2 rings (SSSR count). The van der Waals surface area contributed by atoms with Crippen molar-refractivity contribution in [2.24, 2.45) is 0 Å². The Balaban J connectivity index is 2.35. The minimum absolute atomic E-state index is 0.0225. The molecule has 1 atom stereocenters. The van der Waals surface area contributed by atoms with Crippen LogP contribution in [0.4, 0.5) is 4.79 Å². The van der Waals surface area contributed by atoms with Crippen molar-refractivity contribution in [1.29, 1.82) is 0 Å². The first-order valence-electron chi connectivity index (χ1n) is 5.48. The summed E-state index contributed by atoms with van der Waals surface area (Å²) in [5.74, 6) is -0.319. The highest BCUT2D eigenvalue weighted by Gasteiger charge is 2.48. The average molecular weight is 265 g/mol. The zero-order valence-electron chi connectivity index (χ0n) is 9.94. The summed E-state index contributed by atoms with van der Waals surface area (Å²) in [6, 6.07) is 8.65. The Morgan fingerprint density at radius 1 is 1.39 bits per heavy atom. The van der Waals surface area contributed by atoms with Crippen LogP contribution in [0.3, 0.4) is 0 Å². The molecule has 94 valence electrons. The van der Waals surface area contributed by atoms with Crippen LogP contribution in [-0.4, -0.2) is 23.4 Å². The average Bonchev–Trinajstić information content (AvgIpc) is 2.55. The second-order valence-corrected chi connectivity index (χ2v) is 4.86. The van der Waals surface area contributed by atoms with Gasteiger partial charge in [0, 0.05) is 5.03 Å². The molecular formula is C13H13ClN2O2. The predicted molar refractivity (Wildman–Crippen MR) is 69.0 cm³/mol. The number of urea groups is 1. The van der Waals surface area contributed by atoms with E-state index in [1.165, 1.54) is 0 Å². The van der Waals surface area contributed by atoms with Crippen LogP contribution in [0.15, 0.2) is 41.9 Å². The number of amides is 3. The van der Waals surface area contributed by atoms with Gasteiger partial charge in [0.05, 0.1) is 6.54 Å². The fraction of sp³-hybridized carbons (Fsp3) is 0.231. The smallest absolute Gasteiger partial charge is 0.319 e. The Hall–Kier alpha value is -1.81. The van der Waals surface area contributed by atoms with Gasteiger partial charge in [-0.3, -0.25) is 9.69 Å². The summed E-state index contributed by atoms with van der Waals surface area (Å²) < 4.78 is 0. The number of rotatable bonds is 3. The van der Waals surface area contributed by atoms with E-state index in [1.54, 1.807) is 19.1 Å². The van der Waals surface area contributed by atoms with Crippen molar-refractivity contribution < 1.29 is 9.59 Å². The van der Waals surface area contributed by atoms with Crippen molar-refractivity contribution in [3.63, 3.8) is 0 Å². The maximum atomic E-state index is 12.3. The van der Waals surface area contributed by atoms with Gasteiger partial charge in [0.1, 0.15) is 5.54 Å². The first-order valence-corrected chi connectivity index (χ1v) is 5.86. The number of nitrogens with one attached hydrogen (secondary N) is 1. The number of hydrogen-bond acceptors (Lipinski definition) is 2. The molecule has 1 unspecified atom stereocenters. The Morgan fingerprint density at radius 2 is 2.00 bits per heavy atom. The molecule has 0 radical (unpaired) electrons. The minimum atomic E-state index is -1.04. The van der Waals surface area contributed by atoms with E-state index in [0.717, 1.165) is 10.5 Å². The lowest BCUT2D eigenvalue weighted by Gasteiger charge is -2.22. The normalized spacial score (nSPS) is 23.1. The van der Waals surface area contributed by atoms with E-state index in [0.29, 0.717) is 0 Å². The molecule has 5 heteroatoms. The number of nitrogens with zero attached hydrogens (tertiary/aromatic N) is 1. The standard InChI is InChI=1S/C13H13ClN2O2/c1-9(14)8-16-11(17)13(2,15-12(16)18)10-6-4-3-5-7-10/h3-7H,1,8H2,2H3,(H,15,18). The molecule has 1 saturated heterocycles. The summed E-state index contributed by atoms with van der Waals surface area (Å²) in [5, 5.41) is 2.94. The highest BCUT2D eigenvalue weighted by atomic mass is 35.5. The maximum absolute atomic E-state index is 12.3. The fourth-order valence-electron chi connectivity index (χ4n) is 1.98. The zero-order valence-corrected chi connectivity index (χ0v) is 10.7. The van der Waals surface area contributed by atoms with Crippen molar-refractivity contribution >= 4 is 23.5 Å². The molecule has 4 nitrogen and oxygen atoms in total. The van der Waals surface area contributed by atoms with Gasteiger partial charge in [-0.05, 0) is 12.5 Å². The monoisotopic (exact) mass is 264 g/mol. The third-order valence-corrected chi connectivity index (χ3v) is 3.08. The summed E-state index contributed by atoms with van der Waals surface area (Å²) in [5.41, 5.74) is -0.295.